The van der Waals surface area contributed by atoms with Crippen LogP contribution in [0.15, 0.2) is 8.36 Å². The molecule has 0 rings (SSSR count). The van der Waals surface area contributed by atoms with Crippen molar-refractivity contribution < 1.29 is 4.94 Å². The van der Waals surface area contributed by atoms with Gasteiger partial charge >= 0.3 is 0 Å². The summed E-state index contributed by atoms with van der Waals surface area (Å²) in [6.07, 6.45) is 1.15. The van der Waals surface area contributed by atoms with Crippen LogP contribution in [0.3, 0.4) is 0 Å². The molecule has 11 heavy (non-hydrogen) atoms. The molecule has 0 fully saturated rings. The Labute approximate surface area is 77.7 Å². The van der Waals surface area contributed by atoms with Crippen LogP contribution >= 0.6 is 22.9 Å². The van der Waals surface area contributed by atoms with Crippen LogP contribution in [0.2, 0.25) is 0 Å². The molecule has 0 aromatic rings. The third kappa shape index (κ3) is 4.08. The van der Waals surface area contributed by atoms with Gasteiger partial charge in [-0.25, -0.2) is 3.21 Å². The lowest BCUT2D eigenvalue weighted by molar-refractivity contribution is -0.205. The Balaban J connectivity index is 3.90. The van der Waals surface area contributed by atoms with Gasteiger partial charge in [-0.05, 0) is 0 Å². The van der Waals surface area contributed by atoms with Crippen molar-refractivity contribution in [2.24, 2.45) is 8.36 Å². The highest BCUT2D eigenvalue weighted by Gasteiger charge is 1.88. The van der Waals surface area contributed by atoms with Crippen LogP contribution in [0, 0.1) is 5.21 Å². The maximum absolute atomic E-state index is 10.7. The first-order valence-electron chi connectivity index (χ1n) is 2.40. The van der Waals surface area contributed by atoms with Crippen molar-refractivity contribution in [3.8, 4) is 0 Å². The van der Waals surface area contributed by atoms with E-state index in [2.05, 4.69) is 25.4 Å². The highest BCUT2D eigenvalue weighted by Crippen LogP contribution is 1.99. The van der Waals surface area contributed by atoms with Gasteiger partial charge in [0, 0.05) is 6.72 Å². The number of halogens is 1. The lowest BCUT2D eigenvalue weighted by Gasteiger charge is -2.41. The van der Waals surface area contributed by atoms with E-state index < -0.39 is 0 Å². The van der Waals surface area contributed by atoms with Gasteiger partial charge in [-0.3, -0.25) is 4.94 Å². The molecule has 0 amide bonds. The van der Waals surface area contributed by atoms with E-state index in [-0.39, 0.29) is 5.34 Å². The van der Waals surface area contributed by atoms with Crippen LogP contribution in [0.5, 0.6) is 0 Å². The molecule has 7 nitrogen and oxygen atoms in total. The molecule has 0 bridgehead atoms. The van der Waals surface area contributed by atoms with Crippen LogP contribution < -0.4 is 0 Å². The first kappa shape index (κ1) is 10.6. The molecule has 0 spiro atoms. The SMILES string of the molecule is C=NON([O-])N(C=NI)[N-]C. The van der Waals surface area contributed by atoms with Crippen molar-refractivity contribution in [1.82, 2.24) is 10.5 Å². The Bertz CT molecular complexity index is 142. The molecule has 0 saturated carbocycles. The van der Waals surface area contributed by atoms with Gasteiger partial charge < -0.3 is 15.8 Å². The van der Waals surface area contributed by atoms with E-state index >= 15 is 0 Å². The topological polar surface area (TPSA) is 77.6 Å². The van der Waals surface area contributed by atoms with Gasteiger partial charge in [0.25, 0.3) is 0 Å². The standard InChI is InChI=1S/C3H6IN5O2/c1-5-8(3-7-4)9(10)11-6-2/h3H,2H2,1H3/q-2. The lowest BCUT2D eigenvalue weighted by Crippen LogP contribution is -2.32. The Morgan fingerprint density at radius 3 is 2.82 bits per heavy atom. The Kier molecular flexibility index (Phi) is 6.02. The molecular weight excluding hydrogens is 265 g/mol. The molecule has 0 atom stereocenters. The number of hydrogen-bond donors (Lipinski definition) is 0. The largest absolute Gasteiger partial charge is 0.733 e. The minimum Gasteiger partial charge on any atom is -0.733 e. The molecule has 0 aromatic heterocycles. The monoisotopic (exact) mass is 271 g/mol. The van der Waals surface area contributed by atoms with E-state index in [9.17, 15) is 5.21 Å². The van der Waals surface area contributed by atoms with Gasteiger partial charge in [0.15, 0.2) is 0 Å². The summed E-state index contributed by atoms with van der Waals surface area (Å²) in [5.74, 6) is 0. The zero-order chi connectivity index (χ0) is 8.69. The van der Waals surface area contributed by atoms with Crippen molar-refractivity contribution in [1.29, 1.82) is 0 Å². The van der Waals surface area contributed by atoms with E-state index in [1.807, 2.05) is 0 Å². The molecule has 0 aromatic carbocycles. The summed E-state index contributed by atoms with van der Waals surface area (Å²) in [4.78, 5) is 4.08. The summed E-state index contributed by atoms with van der Waals surface area (Å²) < 4.78 is 3.50. The summed E-state index contributed by atoms with van der Waals surface area (Å²) in [6.45, 7) is 2.95. The fraction of sp³-hybridized carbons (Fsp3) is 0.333. The van der Waals surface area contributed by atoms with Crippen molar-refractivity contribution in [2.45, 2.75) is 0 Å². The molecule has 0 heterocycles. The quantitative estimate of drug-likeness (QED) is 0.321. The number of hydrazine groups is 1. The summed E-state index contributed by atoms with van der Waals surface area (Å²) in [5.41, 5.74) is 3.48. The minimum absolute atomic E-state index is 0.0230. The van der Waals surface area contributed by atoms with E-state index in [1.54, 1.807) is 22.9 Å². The predicted octanol–water partition coefficient (Wildman–Crippen LogP) is 0.847. The molecule has 0 saturated heterocycles. The molecule has 0 aliphatic heterocycles. The average molecular weight is 271 g/mol. The Morgan fingerprint density at radius 2 is 2.45 bits per heavy atom. The maximum atomic E-state index is 10.7. The summed E-state index contributed by atoms with van der Waals surface area (Å²) in [5, 5.41) is 14.4. The molecule has 0 radical (unpaired) electrons. The third-order valence-electron chi connectivity index (χ3n) is 0.647. The number of rotatable bonds is 5. The molecular formula is C3H6IN5O2-2. The molecule has 64 valence electrons. The zero-order valence-electron chi connectivity index (χ0n) is 5.71. The Morgan fingerprint density at radius 1 is 1.82 bits per heavy atom. The van der Waals surface area contributed by atoms with Crippen LogP contribution in [0.1, 0.15) is 0 Å². The highest BCUT2D eigenvalue weighted by molar-refractivity contribution is 14.1. The van der Waals surface area contributed by atoms with Crippen LogP contribution in [-0.2, 0) is 4.94 Å². The van der Waals surface area contributed by atoms with E-state index in [0.717, 1.165) is 11.5 Å². The second kappa shape index (κ2) is 6.27. The molecule has 0 unspecified atom stereocenters. The van der Waals surface area contributed by atoms with Gasteiger partial charge in [-0.1, -0.05) is 5.16 Å². The van der Waals surface area contributed by atoms with Crippen molar-refractivity contribution >= 4 is 35.9 Å². The first-order valence-corrected chi connectivity index (χ1v) is 3.36. The molecule has 0 aliphatic carbocycles. The van der Waals surface area contributed by atoms with Gasteiger partial charge in [-0.15, -0.1) is 12.4 Å². The first-order chi connectivity index (χ1) is 5.26. The average Bonchev–Trinajstić information content (AvgIpc) is 2.00. The van der Waals surface area contributed by atoms with Gasteiger partial charge in [0.2, 0.25) is 0 Å². The van der Waals surface area contributed by atoms with E-state index in [4.69, 9.17) is 0 Å². The minimum atomic E-state index is 0.0230. The molecule has 0 N–H and O–H groups in total. The number of oxime groups is 1. The van der Waals surface area contributed by atoms with Crippen molar-refractivity contribution in [3.05, 3.63) is 10.6 Å². The highest BCUT2D eigenvalue weighted by atomic mass is 127. The van der Waals surface area contributed by atoms with Crippen LogP contribution in [0.4, 0.5) is 0 Å². The lowest BCUT2D eigenvalue weighted by atomic mass is 11.2. The summed E-state index contributed by atoms with van der Waals surface area (Å²) >= 11 is 1.69. The van der Waals surface area contributed by atoms with Gasteiger partial charge in [0.1, 0.15) is 0 Å². The van der Waals surface area contributed by atoms with Gasteiger partial charge in [0.05, 0.1) is 29.2 Å². The summed E-state index contributed by atoms with van der Waals surface area (Å²) in [7, 11) is 1.40. The number of hydrogen-bond acceptors (Lipinski definition) is 5. The summed E-state index contributed by atoms with van der Waals surface area (Å²) in [6, 6.07) is 0. The number of nitrogens with zero attached hydrogens (tertiary/aromatic N) is 5. The molecule has 8 heteroatoms. The van der Waals surface area contributed by atoms with Crippen molar-refractivity contribution in [2.75, 3.05) is 7.05 Å². The van der Waals surface area contributed by atoms with Crippen LogP contribution in [0.25, 0.3) is 5.43 Å². The second-order valence-corrected chi connectivity index (χ2v) is 1.74. The van der Waals surface area contributed by atoms with E-state index in [0.29, 0.717) is 0 Å². The Hall–Kier alpha value is -0.450. The second-order valence-electron chi connectivity index (χ2n) is 1.18. The third-order valence-corrected chi connectivity index (χ3v) is 0.896. The van der Waals surface area contributed by atoms with Crippen LogP contribution in [-0.4, -0.2) is 30.6 Å². The van der Waals surface area contributed by atoms with Gasteiger partial charge in [-0.2, -0.15) is 0 Å². The smallest absolute Gasteiger partial charge is 0.0965 e. The van der Waals surface area contributed by atoms with Crippen molar-refractivity contribution in [3.63, 3.8) is 0 Å². The van der Waals surface area contributed by atoms with E-state index in [1.165, 1.54) is 7.05 Å². The normalized spacial score (nSPS) is 10.5. The zero-order valence-corrected chi connectivity index (χ0v) is 7.87. The fourth-order valence-electron chi connectivity index (χ4n) is 0.293. The predicted molar refractivity (Wildman–Crippen MR) is 49.5 cm³/mol. The maximum Gasteiger partial charge on any atom is 0.0965 e. The molecule has 0 aliphatic rings. The fourth-order valence-corrected chi connectivity index (χ4v) is 0.515.